The van der Waals surface area contributed by atoms with E-state index in [2.05, 4.69) is 51.4 Å². The van der Waals surface area contributed by atoms with Gasteiger partial charge in [-0.25, -0.2) is 0 Å². The van der Waals surface area contributed by atoms with Gasteiger partial charge in [-0.1, -0.05) is 66.7 Å². The topological polar surface area (TPSA) is 24.5 Å². The predicted molar refractivity (Wildman–Crippen MR) is 111 cm³/mol. The molecule has 0 aromatic heterocycles. The minimum absolute atomic E-state index is 0.0307. The van der Waals surface area contributed by atoms with Crippen molar-refractivity contribution in [1.82, 2.24) is 10.2 Å². The second-order valence-electron chi connectivity index (χ2n) is 7.29. The van der Waals surface area contributed by atoms with Crippen molar-refractivity contribution in [2.24, 2.45) is 0 Å². The Morgan fingerprint density at radius 1 is 0.733 bits per heavy atom. The molecule has 1 heterocycles. The van der Waals surface area contributed by atoms with Crippen molar-refractivity contribution in [3.63, 3.8) is 0 Å². The van der Waals surface area contributed by atoms with Crippen molar-refractivity contribution in [3.05, 3.63) is 90.0 Å². The highest BCUT2D eigenvalue weighted by molar-refractivity contribution is 5.63. The van der Waals surface area contributed by atoms with E-state index in [-0.39, 0.29) is 11.8 Å². The fourth-order valence-electron chi connectivity index (χ4n) is 3.89. The van der Waals surface area contributed by atoms with Crippen LogP contribution in [0.25, 0.3) is 11.1 Å². The third kappa shape index (κ3) is 5.01. The Morgan fingerprint density at radius 3 is 1.83 bits per heavy atom. The maximum atomic E-state index is 12.5. The van der Waals surface area contributed by atoms with Crippen molar-refractivity contribution in [3.8, 4) is 16.9 Å². The molecular weight excluding hydrogens is 389 g/mol. The predicted octanol–water partition coefficient (Wildman–Crippen LogP) is 5.25. The van der Waals surface area contributed by atoms with E-state index in [1.165, 1.54) is 12.1 Å². The number of hydrogen-bond donors (Lipinski definition) is 1. The highest BCUT2D eigenvalue weighted by Gasteiger charge is 2.31. The van der Waals surface area contributed by atoms with E-state index in [1.807, 2.05) is 18.2 Å². The summed E-state index contributed by atoms with van der Waals surface area (Å²) >= 11 is 0. The maximum absolute atomic E-state index is 12.5. The van der Waals surface area contributed by atoms with Crippen LogP contribution in [0.5, 0.6) is 5.75 Å². The minimum atomic E-state index is -4.69. The minimum Gasteiger partial charge on any atom is -0.406 e. The Labute approximate surface area is 174 Å². The summed E-state index contributed by atoms with van der Waals surface area (Å²) in [6.45, 7) is 3.50. The number of halogens is 3. The average molecular weight is 412 g/mol. The molecule has 3 nitrogen and oxygen atoms in total. The molecule has 30 heavy (non-hydrogen) atoms. The molecule has 1 saturated heterocycles. The Kier molecular flexibility index (Phi) is 6.06. The Balaban J connectivity index is 1.63. The van der Waals surface area contributed by atoms with E-state index in [1.54, 1.807) is 12.1 Å². The van der Waals surface area contributed by atoms with E-state index in [9.17, 15) is 13.2 Å². The first kappa shape index (κ1) is 20.4. The second-order valence-corrected chi connectivity index (χ2v) is 7.29. The molecule has 0 saturated carbocycles. The van der Waals surface area contributed by atoms with Crippen LogP contribution in [-0.2, 0) is 0 Å². The fourth-order valence-corrected chi connectivity index (χ4v) is 3.89. The van der Waals surface area contributed by atoms with Crippen molar-refractivity contribution in [2.75, 3.05) is 26.2 Å². The van der Waals surface area contributed by atoms with Crippen LogP contribution in [-0.4, -0.2) is 37.4 Å². The van der Waals surface area contributed by atoms with Crippen LogP contribution in [0.1, 0.15) is 17.2 Å². The monoisotopic (exact) mass is 412 g/mol. The van der Waals surface area contributed by atoms with Crippen LogP contribution < -0.4 is 10.1 Å². The molecule has 1 aliphatic rings. The molecule has 1 atom stereocenters. The van der Waals surface area contributed by atoms with Crippen LogP contribution in [0.15, 0.2) is 78.9 Å². The Bertz CT molecular complexity index is 935. The van der Waals surface area contributed by atoms with Gasteiger partial charge < -0.3 is 10.1 Å². The SMILES string of the molecule is FC(F)(F)Oc1ccc([C@H](c2ccc(-c3ccccc3)cc2)N2CCNCC2)cc1. The first-order valence-corrected chi connectivity index (χ1v) is 9.95. The standard InChI is InChI=1S/C24H23F3N2O/c25-24(26,27)30-22-12-10-21(11-13-22)23(29-16-14-28-15-17-29)20-8-6-19(7-9-20)18-4-2-1-3-5-18/h1-13,23,28H,14-17H2/t23-/m0/s1. The van der Waals surface area contributed by atoms with E-state index in [0.29, 0.717) is 0 Å². The molecule has 3 aromatic carbocycles. The van der Waals surface area contributed by atoms with Gasteiger partial charge in [-0.05, 0) is 34.4 Å². The summed E-state index contributed by atoms with van der Waals surface area (Å²) < 4.78 is 41.5. The fraction of sp³-hybridized carbons (Fsp3) is 0.250. The summed E-state index contributed by atoms with van der Waals surface area (Å²) in [6, 6.07) is 24.7. The first-order valence-electron chi connectivity index (χ1n) is 9.95. The van der Waals surface area contributed by atoms with Gasteiger partial charge in [0.15, 0.2) is 0 Å². The summed E-state index contributed by atoms with van der Waals surface area (Å²) in [4.78, 5) is 2.35. The van der Waals surface area contributed by atoms with Gasteiger partial charge in [0.1, 0.15) is 5.75 Å². The number of nitrogens with zero attached hydrogens (tertiary/aromatic N) is 1. The number of ether oxygens (including phenoxy) is 1. The molecule has 4 rings (SSSR count). The molecule has 1 N–H and O–H groups in total. The van der Waals surface area contributed by atoms with Gasteiger partial charge in [0.25, 0.3) is 0 Å². The number of hydrogen-bond acceptors (Lipinski definition) is 3. The molecule has 0 amide bonds. The van der Waals surface area contributed by atoms with Crippen molar-refractivity contribution >= 4 is 0 Å². The third-order valence-corrected chi connectivity index (χ3v) is 5.28. The normalized spacial score (nSPS) is 16.2. The number of rotatable bonds is 5. The smallest absolute Gasteiger partial charge is 0.406 e. The second kappa shape index (κ2) is 8.90. The lowest BCUT2D eigenvalue weighted by Gasteiger charge is -2.35. The van der Waals surface area contributed by atoms with E-state index in [4.69, 9.17) is 0 Å². The molecule has 1 aliphatic heterocycles. The van der Waals surface area contributed by atoms with E-state index in [0.717, 1.165) is 48.4 Å². The van der Waals surface area contributed by atoms with Crippen LogP contribution in [0.4, 0.5) is 13.2 Å². The summed E-state index contributed by atoms with van der Waals surface area (Å²) in [7, 11) is 0. The molecule has 0 spiro atoms. The van der Waals surface area contributed by atoms with Gasteiger partial charge in [0, 0.05) is 26.2 Å². The van der Waals surface area contributed by atoms with Gasteiger partial charge in [-0.2, -0.15) is 0 Å². The zero-order valence-corrected chi connectivity index (χ0v) is 16.4. The summed E-state index contributed by atoms with van der Waals surface area (Å²) in [5, 5.41) is 3.35. The van der Waals surface area contributed by atoms with Gasteiger partial charge in [-0.3, -0.25) is 4.90 Å². The summed E-state index contributed by atoms with van der Waals surface area (Å²) in [6.07, 6.45) is -4.69. The quantitative estimate of drug-likeness (QED) is 0.620. The molecule has 156 valence electrons. The highest BCUT2D eigenvalue weighted by atomic mass is 19.4. The summed E-state index contributed by atoms with van der Waals surface area (Å²) in [5.74, 6) is -0.204. The zero-order chi connectivity index (χ0) is 21.0. The molecule has 6 heteroatoms. The maximum Gasteiger partial charge on any atom is 0.573 e. The van der Waals surface area contributed by atoms with Gasteiger partial charge in [0.05, 0.1) is 6.04 Å². The highest BCUT2D eigenvalue weighted by Crippen LogP contribution is 2.32. The van der Waals surface area contributed by atoms with Crippen LogP contribution >= 0.6 is 0 Å². The molecule has 0 unspecified atom stereocenters. The Hall–Kier alpha value is -2.83. The molecule has 0 bridgehead atoms. The number of nitrogens with one attached hydrogen (secondary N) is 1. The Morgan fingerprint density at radius 2 is 1.27 bits per heavy atom. The van der Waals surface area contributed by atoms with Crippen LogP contribution in [0.3, 0.4) is 0 Å². The van der Waals surface area contributed by atoms with Crippen LogP contribution in [0, 0.1) is 0 Å². The van der Waals surface area contributed by atoms with Gasteiger partial charge in [-0.15, -0.1) is 13.2 Å². The lowest BCUT2D eigenvalue weighted by molar-refractivity contribution is -0.274. The number of benzene rings is 3. The van der Waals surface area contributed by atoms with E-state index < -0.39 is 6.36 Å². The summed E-state index contributed by atoms with van der Waals surface area (Å²) in [5.41, 5.74) is 4.34. The van der Waals surface area contributed by atoms with Crippen molar-refractivity contribution < 1.29 is 17.9 Å². The molecule has 0 radical (unpaired) electrons. The van der Waals surface area contributed by atoms with Crippen molar-refractivity contribution in [1.29, 1.82) is 0 Å². The van der Waals surface area contributed by atoms with Crippen molar-refractivity contribution in [2.45, 2.75) is 12.4 Å². The molecular formula is C24H23F3N2O. The number of alkyl halides is 3. The molecule has 1 fully saturated rings. The molecule has 0 aliphatic carbocycles. The zero-order valence-electron chi connectivity index (χ0n) is 16.4. The lowest BCUT2D eigenvalue weighted by atomic mass is 9.94. The third-order valence-electron chi connectivity index (χ3n) is 5.28. The van der Waals surface area contributed by atoms with Crippen LogP contribution in [0.2, 0.25) is 0 Å². The average Bonchev–Trinajstić information content (AvgIpc) is 2.76. The lowest BCUT2D eigenvalue weighted by Crippen LogP contribution is -2.45. The first-order chi connectivity index (χ1) is 14.5. The number of piperazine rings is 1. The van der Waals surface area contributed by atoms with Gasteiger partial charge >= 0.3 is 6.36 Å². The molecule has 3 aromatic rings. The largest absolute Gasteiger partial charge is 0.573 e. The van der Waals surface area contributed by atoms with E-state index >= 15 is 0 Å². The van der Waals surface area contributed by atoms with Gasteiger partial charge in [0.2, 0.25) is 0 Å².